The standard InChI is InChI=1S/C15H25NS/c1-6-9-16-11-13-7-8-14(10-12(13)2)17-15(3,4)5/h7-8,10,16H,6,9,11H2,1-5H3. The summed E-state index contributed by atoms with van der Waals surface area (Å²) in [4.78, 5) is 1.37. The quantitative estimate of drug-likeness (QED) is 0.615. The molecule has 0 aliphatic carbocycles. The second-order valence-electron chi connectivity index (χ2n) is 5.48. The van der Waals surface area contributed by atoms with Gasteiger partial charge in [-0.3, -0.25) is 0 Å². The summed E-state index contributed by atoms with van der Waals surface area (Å²) in [6.45, 7) is 13.2. The van der Waals surface area contributed by atoms with Crippen LogP contribution in [0.5, 0.6) is 0 Å². The van der Waals surface area contributed by atoms with E-state index in [1.807, 2.05) is 11.8 Å². The average Bonchev–Trinajstić information content (AvgIpc) is 2.19. The maximum absolute atomic E-state index is 3.45. The van der Waals surface area contributed by atoms with Crippen LogP contribution >= 0.6 is 11.8 Å². The predicted molar refractivity (Wildman–Crippen MR) is 78.8 cm³/mol. The Morgan fingerprint density at radius 2 is 1.94 bits per heavy atom. The molecule has 0 radical (unpaired) electrons. The summed E-state index contributed by atoms with van der Waals surface area (Å²) in [5.74, 6) is 0. The van der Waals surface area contributed by atoms with E-state index in [-0.39, 0.29) is 4.75 Å². The van der Waals surface area contributed by atoms with Gasteiger partial charge in [-0.2, -0.15) is 0 Å². The topological polar surface area (TPSA) is 12.0 Å². The van der Waals surface area contributed by atoms with E-state index in [9.17, 15) is 0 Å². The lowest BCUT2D eigenvalue weighted by atomic mass is 10.1. The summed E-state index contributed by atoms with van der Waals surface area (Å²) in [5, 5.41) is 3.45. The molecule has 0 heterocycles. The molecular weight excluding hydrogens is 226 g/mol. The van der Waals surface area contributed by atoms with Gasteiger partial charge in [0, 0.05) is 16.2 Å². The first-order chi connectivity index (χ1) is 7.92. The predicted octanol–water partition coefficient (Wildman–Crippen LogP) is 4.39. The smallest absolute Gasteiger partial charge is 0.0208 e. The van der Waals surface area contributed by atoms with Crippen LogP contribution in [0, 0.1) is 6.92 Å². The fraction of sp³-hybridized carbons (Fsp3) is 0.600. The fourth-order valence-corrected chi connectivity index (χ4v) is 2.76. The molecule has 0 aliphatic heterocycles. The van der Waals surface area contributed by atoms with Gasteiger partial charge in [0.25, 0.3) is 0 Å². The highest BCUT2D eigenvalue weighted by atomic mass is 32.2. The Hall–Kier alpha value is -0.470. The highest BCUT2D eigenvalue weighted by molar-refractivity contribution is 8.00. The third kappa shape index (κ3) is 5.60. The van der Waals surface area contributed by atoms with Crippen molar-refractivity contribution in [2.45, 2.75) is 57.2 Å². The minimum atomic E-state index is 0.286. The third-order valence-corrected chi connectivity index (χ3v) is 3.58. The van der Waals surface area contributed by atoms with Crippen LogP contribution in [-0.4, -0.2) is 11.3 Å². The zero-order valence-electron chi connectivity index (χ0n) is 11.8. The molecule has 1 N–H and O–H groups in total. The third-order valence-electron chi connectivity index (χ3n) is 2.48. The molecule has 1 rings (SSSR count). The molecule has 1 aromatic rings. The van der Waals surface area contributed by atoms with E-state index < -0.39 is 0 Å². The monoisotopic (exact) mass is 251 g/mol. The molecule has 0 saturated carbocycles. The molecule has 0 fully saturated rings. The maximum atomic E-state index is 3.45. The van der Waals surface area contributed by atoms with Crippen LogP contribution in [0.15, 0.2) is 23.1 Å². The molecule has 1 nitrogen and oxygen atoms in total. The van der Waals surface area contributed by atoms with Gasteiger partial charge in [-0.15, -0.1) is 11.8 Å². The van der Waals surface area contributed by atoms with Gasteiger partial charge in [-0.25, -0.2) is 0 Å². The lowest BCUT2D eigenvalue weighted by Gasteiger charge is -2.18. The molecule has 96 valence electrons. The first kappa shape index (κ1) is 14.6. The number of hydrogen-bond donors (Lipinski definition) is 1. The zero-order valence-corrected chi connectivity index (χ0v) is 12.6. The van der Waals surface area contributed by atoms with E-state index in [2.05, 4.69) is 58.1 Å². The van der Waals surface area contributed by atoms with Crippen molar-refractivity contribution in [3.05, 3.63) is 29.3 Å². The second-order valence-corrected chi connectivity index (χ2v) is 7.38. The Labute approximate surface area is 110 Å². The van der Waals surface area contributed by atoms with Gasteiger partial charge in [-0.05, 0) is 43.1 Å². The number of benzene rings is 1. The Morgan fingerprint density at radius 3 is 2.47 bits per heavy atom. The van der Waals surface area contributed by atoms with Crippen LogP contribution < -0.4 is 5.32 Å². The summed E-state index contributed by atoms with van der Waals surface area (Å²) >= 11 is 1.93. The highest BCUT2D eigenvalue weighted by Gasteiger charge is 2.12. The summed E-state index contributed by atoms with van der Waals surface area (Å²) in [7, 11) is 0. The average molecular weight is 251 g/mol. The Kier molecular flexibility index (Phi) is 5.54. The van der Waals surface area contributed by atoms with Crippen molar-refractivity contribution in [1.29, 1.82) is 0 Å². The molecule has 17 heavy (non-hydrogen) atoms. The van der Waals surface area contributed by atoms with Crippen molar-refractivity contribution in [3.63, 3.8) is 0 Å². The maximum Gasteiger partial charge on any atom is 0.0208 e. The molecule has 0 aromatic heterocycles. The van der Waals surface area contributed by atoms with E-state index in [1.165, 1.54) is 22.4 Å². The normalized spacial score (nSPS) is 11.8. The number of aryl methyl sites for hydroxylation is 1. The number of nitrogens with one attached hydrogen (secondary N) is 1. The van der Waals surface area contributed by atoms with Crippen LogP contribution in [0.2, 0.25) is 0 Å². The first-order valence-corrected chi connectivity index (χ1v) is 7.23. The lowest BCUT2D eigenvalue weighted by Crippen LogP contribution is -2.14. The fourth-order valence-electron chi connectivity index (χ4n) is 1.68. The van der Waals surface area contributed by atoms with Gasteiger partial charge < -0.3 is 5.32 Å². The van der Waals surface area contributed by atoms with Gasteiger partial charge in [-0.1, -0.05) is 33.8 Å². The van der Waals surface area contributed by atoms with Crippen LogP contribution in [0.4, 0.5) is 0 Å². The Balaban J connectivity index is 2.66. The van der Waals surface area contributed by atoms with Crippen molar-refractivity contribution < 1.29 is 0 Å². The Bertz CT molecular complexity index is 352. The molecule has 2 heteroatoms. The second kappa shape index (κ2) is 6.46. The zero-order chi connectivity index (χ0) is 12.9. The number of hydrogen-bond acceptors (Lipinski definition) is 2. The van der Waals surface area contributed by atoms with Gasteiger partial charge in [0.05, 0.1) is 0 Å². The summed E-state index contributed by atoms with van der Waals surface area (Å²) in [5.41, 5.74) is 2.81. The number of thioether (sulfide) groups is 1. The van der Waals surface area contributed by atoms with E-state index in [4.69, 9.17) is 0 Å². The van der Waals surface area contributed by atoms with Crippen molar-refractivity contribution in [1.82, 2.24) is 5.32 Å². The molecule has 0 atom stereocenters. The van der Waals surface area contributed by atoms with Crippen LogP contribution in [0.25, 0.3) is 0 Å². The van der Waals surface area contributed by atoms with Crippen LogP contribution in [-0.2, 0) is 6.54 Å². The minimum absolute atomic E-state index is 0.286. The Morgan fingerprint density at radius 1 is 1.24 bits per heavy atom. The summed E-state index contributed by atoms with van der Waals surface area (Å²) < 4.78 is 0.286. The first-order valence-electron chi connectivity index (χ1n) is 6.41. The minimum Gasteiger partial charge on any atom is -0.313 e. The summed E-state index contributed by atoms with van der Waals surface area (Å²) in [6.07, 6.45) is 1.19. The number of rotatable bonds is 5. The molecule has 0 spiro atoms. The van der Waals surface area contributed by atoms with Crippen molar-refractivity contribution in [3.8, 4) is 0 Å². The van der Waals surface area contributed by atoms with Crippen molar-refractivity contribution in [2.24, 2.45) is 0 Å². The van der Waals surface area contributed by atoms with Gasteiger partial charge >= 0.3 is 0 Å². The van der Waals surface area contributed by atoms with Gasteiger partial charge in [0.2, 0.25) is 0 Å². The molecular formula is C15H25NS. The molecule has 0 saturated heterocycles. The highest BCUT2D eigenvalue weighted by Crippen LogP contribution is 2.32. The van der Waals surface area contributed by atoms with Crippen LogP contribution in [0.3, 0.4) is 0 Å². The molecule has 0 unspecified atom stereocenters. The molecule has 1 aromatic carbocycles. The van der Waals surface area contributed by atoms with Gasteiger partial charge in [0.1, 0.15) is 0 Å². The summed E-state index contributed by atoms with van der Waals surface area (Å²) in [6, 6.07) is 6.80. The molecule has 0 aliphatic rings. The SMILES string of the molecule is CCCNCc1ccc(SC(C)(C)C)cc1C. The largest absolute Gasteiger partial charge is 0.313 e. The lowest BCUT2D eigenvalue weighted by molar-refractivity contribution is 0.673. The van der Waals surface area contributed by atoms with E-state index in [0.717, 1.165) is 13.1 Å². The van der Waals surface area contributed by atoms with E-state index in [0.29, 0.717) is 0 Å². The molecule has 0 bridgehead atoms. The van der Waals surface area contributed by atoms with E-state index in [1.54, 1.807) is 0 Å². The van der Waals surface area contributed by atoms with Crippen molar-refractivity contribution in [2.75, 3.05) is 6.54 Å². The van der Waals surface area contributed by atoms with Gasteiger partial charge in [0.15, 0.2) is 0 Å². The molecule has 0 amide bonds. The van der Waals surface area contributed by atoms with E-state index >= 15 is 0 Å². The van der Waals surface area contributed by atoms with Crippen molar-refractivity contribution >= 4 is 11.8 Å². The van der Waals surface area contributed by atoms with Crippen LogP contribution in [0.1, 0.15) is 45.2 Å².